The molecule has 5 heterocycles. The van der Waals surface area contributed by atoms with Crippen molar-refractivity contribution in [3.8, 4) is 35.4 Å². The predicted octanol–water partition coefficient (Wildman–Crippen LogP) is 5.82. The predicted molar refractivity (Wildman–Crippen MR) is 167 cm³/mol. The molecule has 2 unspecified atom stereocenters. The zero-order valence-corrected chi connectivity index (χ0v) is 25.2. The molecule has 2 aromatic heterocycles. The molecule has 8 nitrogen and oxygen atoms in total. The summed E-state index contributed by atoms with van der Waals surface area (Å²) in [6.45, 7) is 2.80. The fourth-order valence-corrected chi connectivity index (χ4v) is 8.44. The number of pyridine rings is 1. The SMILES string of the molecule is C#Cc1c(F)ccc2cc(O)cc(-c3ncc4c(N5CC6CCC(C5)O6)nc(OC[C@]56CCC[C@H]5N(C)CCC6)nc4c3F)c12. The van der Waals surface area contributed by atoms with Gasteiger partial charge in [-0.05, 0) is 75.7 Å². The van der Waals surface area contributed by atoms with Gasteiger partial charge in [-0.3, -0.25) is 4.98 Å². The molecule has 1 saturated carbocycles. The Bertz CT molecular complexity index is 1870. The number of aromatic nitrogens is 3. The van der Waals surface area contributed by atoms with Crippen molar-refractivity contribution < 1.29 is 23.4 Å². The average molecular weight is 612 g/mol. The van der Waals surface area contributed by atoms with Crippen molar-refractivity contribution in [2.24, 2.45) is 5.41 Å². The third kappa shape index (κ3) is 4.67. The molecular weight excluding hydrogens is 576 g/mol. The third-order valence-electron chi connectivity index (χ3n) is 10.5. The van der Waals surface area contributed by atoms with Crippen LogP contribution in [-0.2, 0) is 4.74 Å². The van der Waals surface area contributed by atoms with Gasteiger partial charge in [0.15, 0.2) is 5.82 Å². The van der Waals surface area contributed by atoms with Gasteiger partial charge in [-0.1, -0.05) is 18.4 Å². The fourth-order valence-electron chi connectivity index (χ4n) is 8.44. The van der Waals surface area contributed by atoms with Crippen molar-refractivity contribution in [3.05, 3.63) is 47.7 Å². The number of terminal acetylenes is 1. The second-order valence-corrected chi connectivity index (χ2v) is 13.2. The lowest BCUT2D eigenvalue weighted by molar-refractivity contribution is 0.0132. The molecule has 1 aliphatic carbocycles. The van der Waals surface area contributed by atoms with Crippen LogP contribution in [0.5, 0.6) is 11.8 Å². The maximum atomic E-state index is 16.8. The van der Waals surface area contributed by atoms with Crippen LogP contribution in [0.2, 0.25) is 0 Å². The van der Waals surface area contributed by atoms with Crippen LogP contribution in [0.4, 0.5) is 14.6 Å². The van der Waals surface area contributed by atoms with E-state index >= 15 is 4.39 Å². The zero-order chi connectivity index (χ0) is 30.9. The summed E-state index contributed by atoms with van der Waals surface area (Å²) < 4.78 is 44.2. The van der Waals surface area contributed by atoms with Gasteiger partial charge in [0, 0.05) is 41.7 Å². The molecule has 8 rings (SSSR count). The molecule has 4 aliphatic rings. The Hall–Kier alpha value is -4.07. The van der Waals surface area contributed by atoms with Crippen molar-refractivity contribution in [1.82, 2.24) is 19.9 Å². The number of anilines is 1. The number of halogens is 2. The van der Waals surface area contributed by atoms with Crippen molar-refractivity contribution in [3.63, 3.8) is 0 Å². The monoisotopic (exact) mass is 611 g/mol. The summed E-state index contributed by atoms with van der Waals surface area (Å²) in [4.78, 5) is 18.6. The smallest absolute Gasteiger partial charge is 0.319 e. The van der Waals surface area contributed by atoms with Gasteiger partial charge in [-0.2, -0.15) is 9.97 Å². The van der Waals surface area contributed by atoms with Crippen molar-refractivity contribution in [2.75, 3.05) is 38.2 Å². The molecule has 1 N–H and O–H groups in total. The topological polar surface area (TPSA) is 83.8 Å². The number of likely N-dealkylation sites (tertiary alicyclic amines) is 1. The van der Waals surface area contributed by atoms with E-state index in [4.69, 9.17) is 20.9 Å². The minimum absolute atomic E-state index is 0.0156. The lowest BCUT2D eigenvalue weighted by Crippen LogP contribution is -2.50. The van der Waals surface area contributed by atoms with Crippen LogP contribution in [0.1, 0.15) is 50.5 Å². The van der Waals surface area contributed by atoms with Crippen LogP contribution in [0.25, 0.3) is 32.9 Å². The summed E-state index contributed by atoms with van der Waals surface area (Å²) in [6, 6.07) is 6.13. The summed E-state index contributed by atoms with van der Waals surface area (Å²) in [5.74, 6) is 1.51. The van der Waals surface area contributed by atoms with Gasteiger partial charge in [0.05, 0.1) is 29.8 Å². The molecule has 10 heteroatoms. The van der Waals surface area contributed by atoms with E-state index < -0.39 is 11.6 Å². The summed E-state index contributed by atoms with van der Waals surface area (Å²) >= 11 is 0. The van der Waals surface area contributed by atoms with Crippen LogP contribution in [0, 0.1) is 29.4 Å². The maximum Gasteiger partial charge on any atom is 0.319 e. The molecule has 45 heavy (non-hydrogen) atoms. The normalized spacial score (nSPS) is 26.4. The maximum absolute atomic E-state index is 16.8. The Balaban J connectivity index is 1.27. The number of morpholine rings is 1. The molecule has 3 aliphatic heterocycles. The van der Waals surface area contributed by atoms with Gasteiger partial charge in [0.2, 0.25) is 0 Å². The van der Waals surface area contributed by atoms with Crippen molar-refractivity contribution in [2.45, 2.75) is 63.2 Å². The number of rotatable bonds is 5. The Kier molecular flexibility index (Phi) is 6.80. The first-order chi connectivity index (χ1) is 21.8. The van der Waals surface area contributed by atoms with Gasteiger partial charge >= 0.3 is 6.01 Å². The van der Waals surface area contributed by atoms with Crippen LogP contribution in [-0.4, -0.2) is 76.5 Å². The molecule has 0 spiro atoms. The minimum atomic E-state index is -0.717. The highest BCUT2D eigenvalue weighted by molar-refractivity contribution is 6.03. The molecule has 2 aromatic carbocycles. The third-order valence-corrected chi connectivity index (χ3v) is 10.5. The first kappa shape index (κ1) is 28.4. The second kappa shape index (κ2) is 10.8. The Morgan fingerprint density at radius 1 is 1.11 bits per heavy atom. The molecule has 2 bridgehead atoms. The van der Waals surface area contributed by atoms with E-state index in [-0.39, 0.29) is 51.7 Å². The highest BCUT2D eigenvalue weighted by Crippen LogP contribution is 2.48. The van der Waals surface area contributed by atoms with Gasteiger partial charge in [0.25, 0.3) is 0 Å². The number of piperidine rings is 1. The molecule has 0 radical (unpaired) electrons. The quantitative estimate of drug-likeness (QED) is 0.283. The van der Waals surface area contributed by atoms with E-state index in [9.17, 15) is 9.50 Å². The largest absolute Gasteiger partial charge is 0.508 e. The number of benzene rings is 2. The molecule has 4 atom stereocenters. The Morgan fingerprint density at radius 3 is 2.71 bits per heavy atom. The number of fused-ring (bicyclic) bond motifs is 5. The standard InChI is InChI=1S/C35H35F2N5O3/c1-3-24-27(36)10-7-20-14-21(43)15-25(29(20)24)31-30(37)32-26(16-38-31)33(42-17-22-8-9-23(18-42)45-22)40-34(39-32)44-19-35-11-4-6-28(35)41(2)13-5-12-35/h1,7,10,14-16,22-23,28,43H,4-6,8-9,11-13,17-19H2,2H3/t22?,23?,28-,35-/m1/s1. The minimum Gasteiger partial charge on any atom is -0.508 e. The second-order valence-electron chi connectivity index (χ2n) is 13.2. The summed E-state index contributed by atoms with van der Waals surface area (Å²) in [7, 11) is 2.19. The number of hydrogen-bond donors (Lipinski definition) is 1. The number of ether oxygens (including phenoxy) is 2. The van der Waals surface area contributed by atoms with Gasteiger partial charge in [-0.25, -0.2) is 8.78 Å². The number of phenolic OH excluding ortho intramolecular Hbond substituents is 1. The number of nitrogens with zero attached hydrogens (tertiary/aromatic N) is 5. The van der Waals surface area contributed by atoms with E-state index in [0.717, 1.165) is 51.5 Å². The summed E-state index contributed by atoms with van der Waals surface area (Å²) in [5, 5.41) is 11.8. The Morgan fingerprint density at radius 2 is 1.91 bits per heavy atom. The molecular formula is C35H35F2N5O3. The molecule has 4 aromatic rings. The van der Waals surface area contributed by atoms with E-state index in [0.29, 0.717) is 47.7 Å². The van der Waals surface area contributed by atoms with Gasteiger partial charge in [-0.15, -0.1) is 6.42 Å². The van der Waals surface area contributed by atoms with Crippen molar-refractivity contribution >= 4 is 27.5 Å². The van der Waals surface area contributed by atoms with Crippen LogP contribution >= 0.6 is 0 Å². The first-order valence-electron chi connectivity index (χ1n) is 15.9. The van der Waals surface area contributed by atoms with Crippen LogP contribution in [0.15, 0.2) is 30.5 Å². The van der Waals surface area contributed by atoms with E-state index in [2.05, 4.69) is 32.7 Å². The lowest BCUT2D eigenvalue weighted by atomic mass is 9.76. The lowest BCUT2D eigenvalue weighted by Gasteiger charge is -2.44. The van der Waals surface area contributed by atoms with Crippen LogP contribution < -0.4 is 9.64 Å². The molecule has 3 saturated heterocycles. The molecule has 0 amide bonds. The van der Waals surface area contributed by atoms with E-state index in [1.165, 1.54) is 24.3 Å². The fraction of sp³-hybridized carbons (Fsp3) is 0.457. The number of phenols is 1. The average Bonchev–Trinajstić information content (AvgIpc) is 3.63. The highest BCUT2D eigenvalue weighted by atomic mass is 19.1. The number of aromatic hydroxyl groups is 1. The van der Waals surface area contributed by atoms with Gasteiger partial charge in [0.1, 0.15) is 28.6 Å². The Labute approximate surface area is 260 Å². The summed E-state index contributed by atoms with van der Waals surface area (Å²) in [6.07, 6.45) is 14.9. The molecule has 232 valence electrons. The van der Waals surface area contributed by atoms with Crippen molar-refractivity contribution in [1.29, 1.82) is 0 Å². The van der Waals surface area contributed by atoms with Gasteiger partial charge < -0.3 is 24.4 Å². The van der Waals surface area contributed by atoms with E-state index in [1.807, 2.05) is 0 Å². The highest BCUT2D eigenvalue weighted by Gasteiger charge is 2.47. The zero-order valence-electron chi connectivity index (χ0n) is 25.2. The van der Waals surface area contributed by atoms with Crippen LogP contribution in [0.3, 0.4) is 0 Å². The first-order valence-corrected chi connectivity index (χ1v) is 15.9. The molecule has 4 fully saturated rings. The summed E-state index contributed by atoms with van der Waals surface area (Å²) in [5.41, 5.74) is 0.133. The number of hydrogen-bond acceptors (Lipinski definition) is 8. The van der Waals surface area contributed by atoms with E-state index in [1.54, 1.807) is 6.20 Å².